The molecule has 108 valence electrons. The molecule has 1 fully saturated rings. The summed E-state index contributed by atoms with van der Waals surface area (Å²) in [6.45, 7) is 6.89. The minimum atomic E-state index is 0.445. The van der Waals surface area contributed by atoms with Gasteiger partial charge in [-0.3, -0.25) is 0 Å². The number of imidazole rings is 1. The van der Waals surface area contributed by atoms with Crippen LogP contribution in [0, 0.1) is 5.92 Å². The van der Waals surface area contributed by atoms with Crippen LogP contribution in [0.4, 0.5) is 0 Å². The summed E-state index contributed by atoms with van der Waals surface area (Å²) < 4.78 is 5.42. The van der Waals surface area contributed by atoms with Gasteiger partial charge in [-0.1, -0.05) is 24.9 Å². The Kier molecular flexibility index (Phi) is 5.67. The van der Waals surface area contributed by atoms with Gasteiger partial charge in [0, 0.05) is 25.6 Å². The zero-order valence-electron chi connectivity index (χ0n) is 11.8. The van der Waals surface area contributed by atoms with Gasteiger partial charge in [0.1, 0.15) is 5.82 Å². The van der Waals surface area contributed by atoms with Crippen molar-refractivity contribution in [2.75, 3.05) is 13.2 Å². The lowest BCUT2D eigenvalue weighted by molar-refractivity contribution is 0.178. The summed E-state index contributed by atoms with van der Waals surface area (Å²) in [5, 5.41) is 4.12. The van der Waals surface area contributed by atoms with Crippen molar-refractivity contribution in [2.45, 2.75) is 52.1 Å². The third kappa shape index (κ3) is 4.20. The van der Waals surface area contributed by atoms with Gasteiger partial charge in [0.15, 0.2) is 5.15 Å². The van der Waals surface area contributed by atoms with Crippen LogP contribution in [0.5, 0.6) is 0 Å². The van der Waals surface area contributed by atoms with E-state index in [0.717, 1.165) is 50.5 Å². The van der Waals surface area contributed by atoms with E-state index in [1.807, 2.05) is 0 Å². The summed E-state index contributed by atoms with van der Waals surface area (Å²) in [5.74, 6) is 1.61. The fraction of sp³-hybridized carbons (Fsp3) is 0.786. The van der Waals surface area contributed by atoms with Crippen molar-refractivity contribution >= 4 is 11.6 Å². The van der Waals surface area contributed by atoms with E-state index >= 15 is 0 Å². The van der Waals surface area contributed by atoms with Crippen molar-refractivity contribution in [3.8, 4) is 0 Å². The Morgan fingerprint density at radius 2 is 2.42 bits per heavy atom. The Balaban J connectivity index is 1.82. The zero-order chi connectivity index (χ0) is 13.7. The number of rotatable bonds is 7. The molecule has 1 aromatic rings. The molecule has 0 aliphatic carbocycles. The molecule has 2 heterocycles. The molecule has 0 aromatic carbocycles. The summed E-state index contributed by atoms with van der Waals surface area (Å²) >= 11 is 6.16. The molecule has 0 amide bonds. The molecule has 0 bridgehead atoms. The quantitative estimate of drug-likeness (QED) is 0.810. The molecule has 2 N–H and O–H groups in total. The number of hydrogen-bond donors (Lipinski definition) is 2. The fourth-order valence-electron chi connectivity index (χ4n) is 2.40. The first-order chi connectivity index (χ1) is 9.20. The van der Waals surface area contributed by atoms with Crippen LogP contribution in [0.25, 0.3) is 0 Å². The number of ether oxygens (including phenoxy) is 1. The largest absolute Gasteiger partial charge is 0.381 e. The summed E-state index contributed by atoms with van der Waals surface area (Å²) in [7, 11) is 0. The third-order valence-electron chi connectivity index (χ3n) is 3.82. The summed E-state index contributed by atoms with van der Waals surface area (Å²) in [5.41, 5.74) is 0.999. The highest BCUT2D eigenvalue weighted by Crippen LogP contribution is 2.18. The number of halogens is 1. The van der Waals surface area contributed by atoms with Crippen LogP contribution < -0.4 is 5.32 Å². The Labute approximate surface area is 120 Å². The van der Waals surface area contributed by atoms with Gasteiger partial charge in [0.25, 0.3) is 0 Å². The standard InChI is InChI=1S/C14H24ClN3O/c1-3-4-5-13-17-12(14(15)18-13)8-16-10(2)11-6-7-19-9-11/h10-11,16H,3-9H2,1-2H3,(H,17,18). The van der Waals surface area contributed by atoms with Crippen LogP contribution in [-0.2, 0) is 17.7 Å². The first-order valence-electron chi connectivity index (χ1n) is 7.25. The number of hydrogen-bond acceptors (Lipinski definition) is 3. The van der Waals surface area contributed by atoms with Gasteiger partial charge in [0.05, 0.1) is 12.3 Å². The topological polar surface area (TPSA) is 49.9 Å². The summed E-state index contributed by atoms with van der Waals surface area (Å²) in [6, 6.07) is 0.445. The van der Waals surface area contributed by atoms with Crippen molar-refractivity contribution in [1.82, 2.24) is 15.3 Å². The molecule has 1 saturated heterocycles. The second-order valence-corrected chi connectivity index (χ2v) is 5.71. The number of nitrogens with zero attached hydrogens (tertiary/aromatic N) is 1. The Morgan fingerprint density at radius 1 is 1.58 bits per heavy atom. The average molecular weight is 286 g/mol. The molecule has 2 rings (SSSR count). The Morgan fingerprint density at radius 3 is 3.11 bits per heavy atom. The van der Waals surface area contributed by atoms with Crippen LogP contribution in [0.1, 0.15) is 44.6 Å². The van der Waals surface area contributed by atoms with Gasteiger partial charge in [-0.15, -0.1) is 0 Å². The molecular weight excluding hydrogens is 262 g/mol. The number of aromatic amines is 1. The fourth-order valence-corrected chi connectivity index (χ4v) is 2.61. The van der Waals surface area contributed by atoms with Gasteiger partial charge in [0.2, 0.25) is 0 Å². The van der Waals surface area contributed by atoms with Crippen LogP contribution in [0.3, 0.4) is 0 Å². The molecule has 5 heteroatoms. The van der Waals surface area contributed by atoms with Gasteiger partial charge < -0.3 is 15.0 Å². The van der Waals surface area contributed by atoms with E-state index in [1.54, 1.807) is 0 Å². The van der Waals surface area contributed by atoms with E-state index in [1.165, 1.54) is 6.42 Å². The molecule has 19 heavy (non-hydrogen) atoms. The van der Waals surface area contributed by atoms with Crippen molar-refractivity contribution in [3.05, 3.63) is 16.7 Å². The van der Waals surface area contributed by atoms with E-state index in [2.05, 4.69) is 29.1 Å². The number of aromatic nitrogens is 2. The average Bonchev–Trinajstić information content (AvgIpc) is 3.03. The van der Waals surface area contributed by atoms with Crippen LogP contribution in [-0.4, -0.2) is 29.2 Å². The normalized spacial score (nSPS) is 20.9. The minimum Gasteiger partial charge on any atom is -0.381 e. The van der Waals surface area contributed by atoms with Crippen molar-refractivity contribution in [3.63, 3.8) is 0 Å². The first kappa shape index (κ1) is 14.8. The molecule has 0 spiro atoms. The number of unbranched alkanes of at least 4 members (excludes halogenated alkanes) is 1. The van der Waals surface area contributed by atoms with Crippen LogP contribution in [0.15, 0.2) is 0 Å². The lowest BCUT2D eigenvalue weighted by Gasteiger charge is -2.18. The summed E-state index contributed by atoms with van der Waals surface area (Å²) in [4.78, 5) is 7.69. The smallest absolute Gasteiger partial charge is 0.151 e. The number of H-pyrrole nitrogens is 1. The van der Waals surface area contributed by atoms with Gasteiger partial charge in [-0.25, -0.2) is 4.98 Å². The van der Waals surface area contributed by atoms with Crippen molar-refractivity contribution in [2.24, 2.45) is 5.92 Å². The van der Waals surface area contributed by atoms with Gasteiger partial charge >= 0.3 is 0 Å². The number of nitrogens with one attached hydrogen (secondary N) is 2. The molecule has 1 aliphatic rings. The van der Waals surface area contributed by atoms with Crippen LogP contribution >= 0.6 is 11.6 Å². The van der Waals surface area contributed by atoms with E-state index in [9.17, 15) is 0 Å². The molecule has 2 atom stereocenters. The van der Waals surface area contributed by atoms with Crippen LogP contribution in [0.2, 0.25) is 5.15 Å². The van der Waals surface area contributed by atoms with Gasteiger partial charge in [-0.2, -0.15) is 0 Å². The zero-order valence-corrected chi connectivity index (χ0v) is 12.6. The molecule has 0 radical (unpaired) electrons. The maximum atomic E-state index is 6.16. The highest BCUT2D eigenvalue weighted by Gasteiger charge is 2.22. The lowest BCUT2D eigenvalue weighted by Crippen LogP contribution is -2.33. The molecule has 2 unspecified atom stereocenters. The van der Waals surface area contributed by atoms with E-state index < -0.39 is 0 Å². The Bertz CT molecular complexity index is 388. The van der Waals surface area contributed by atoms with E-state index in [-0.39, 0.29) is 0 Å². The SMILES string of the molecule is CCCCc1nc(Cl)c(CNC(C)C2CCOC2)[nH]1. The van der Waals surface area contributed by atoms with Crippen molar-refractivity contribution < 1.29 is 4.74 Å². The second kappa shape index (κ2) is 7.27. The lowest BCUT2D eigenvalue weighted by atomic mass is 10.0. The Hall–Kier alpha value is -0.580. The van der Waals surface area contributed by atoms with E-state index in [0.29, 0.717) is 17.1 Å². The third-order valence-corrected chi connectivity index (χ3v) is 4.13. The molecule has 0 saturated carbocycles. The minimum absolute atomic E-state index is 0.445. The molecule has 1 aliphatic heterocycles. The molecule has 4 nitrogen and oxygen atoms in total. The molecular formula is C14H24ClN3O. The van der Waals surface area contributed by atoms with Gasteiger partial charge in [-0.05, 0) is 25.7 Å². The molecule has 1 aromatic heterocycles. The predicted molar refractivity (Wildman–Crippen MR) is 77.4 cm³/mol. The second-order valence-electron chi connectivity index (χ2n) is 5.35. The van der Waals surface area contributed by atoms with E-state index in [4.69, 9.17) is 16.3 Å². The highest BCUT2D eigenvalue weighted by atomic mass is 35.5. The maximum absolute atomic E-state index is 6.16. The summed E-state index contributed by atoms with van der Waals surface area (Å²) in [6.07, 6.45) is 4.44. The number of aryl methyl sites for hydroxylation is 1. The highest BCUT2D eigenvalue weighted by molar-refractivity contribution is 6.30. The van der Waals surface area contributed by atoms with Crippen molar-refractivity contribution in [1.29, 1.82) is 0 Å². The predicted octanol–water partition coefficient (Wildman–Crippen LogP) is 2.92. The maximum Gasteiger partial charge on any atom is 0.151 e. The first-order valence-corrected chi connectivity index (χ1v) is 7.63. The monoisotopic (exact) mass is 285 g/mol.